The molecule has 31 heavy (non-hydrogen) atoms. The van der Waals surface area contributed by atoms with Crippen molar-refractivity contribution < 1.29 is 32.3 Å². The van der Waals surface area contributed by atoms with Crippen molar-refractivity contribution in [2.45, 2.75) is 51.3 Å². The Morgan fingerprint density at radius 1 is 1.03 bits per heavy atom. The quantitative estimate of drug-likeness (QED) is 0.489. The number of ether oxygens (including phenoxy) is 3. The number of rotatable bonds is 7. The van der Waals surface area contributed by atoms with Crippen molar-refractivity contribution >= 4 is 30.2 Å². The first-order valence-electron chi connectivity index (χ1n) is 9.85. The van der Waals surface area contributed by atoms with Crippen LogP contribution in [0, 0.1) is 0 Å². The molecule has 0 unspecified atom stereocenters. The van der Waals surface area contributed by atoms with E-state index in [0.717, 1.165) is 11.0 Å². The minimum Gasteiger partial charge on any atom is -0.487 e. The Labute approximate surface area is 184 Å². The Kier molecular flexibility index (Phi) is 5.98. The summed E-state index contributed by atoms with van der Waals surface area (Å²) in [5.74, 6) is -0.816. The maximum Gasteiger partial charge on any atom is 0.494 e. The summed E-state index contributed by atoms with van der Waals surface area (Å²) in [6, 6.07) is 10.7. The van der Waals surface area contributed by atoms with Gasteiger partial charge in [0.25, 0.3) is 0 Å². The van der Waals surface area contributed by atoms with E-state index in [2.05, 4.69) is 4.72 Å². The van der Waals surface area contributed by atoms with Crippen LogP contribution in [0.25, 0.3) is 0 Å². The number of alkyl halides is 2. The average molecular weight is 451 g/mol. The van der Waals surface area contributed by atoms with E-state index in [4.69, 9.17) is 23.5 Å². The van der Waals surface area contributed by atoms with Crippen LogP contribution < -0.4 is 24.4 Å². The predicted octanol–water partition coefficient (Wildman–Crippen LogP) is 4.58. The van der Waals surface area contributed by atoms with Gasteiger partial charge in [0.2, 0.25) is 6.79 Å². The van der Waals surface area contributed by atoms with Gasteiger partial charge >= 0.3 is 12.9 Å². The van der Waals surface area contributed by atoms with Gasteiger partial charge in [0.15, 0.2) is 11.5 Å². The molecule has 0 aromatic heterocycles. The number of hydrogen-bond acceptors (Lipinski definition) is 7. The van der Waals surface area contributed by atoms with E-state index in [1.54, 1.807) is 18.2 Å². The molecule has 0 spiro atoms. The molecule has 1 saturated heterocycles. The van der Waals surface area contributed by atoms with Crippen LogP contribution in [0.15, 0.2) is 36.4 Å². The fraction of sp³-hybridized carbons (Fsp3) is 0.429. The van der Waals surface area contributed by atoms with Crippen molar-refractivity contribution in [3.05, 3.63) is 42.0 Å². The molecule has 2 aliphatic rings. The van der Waals surface area contributed by atoms with E-state index in [1.807, 2.05) is 45.9 Å². The van der Waals surface area contributed by atoms with Gasteiger partial charge in [-0.25, -0.2) is 0 Å². The van der Waals surface area contributed by atoms with Gasteiger partial charge in [-0.15, -0.1) is 0 Å². The summed E-state index contributed by atoms with van der Waals surface area (Å²) >= 11 is 0.312. The first-order chi connectivity index (χ1) is 14.6. The lowest BCUT2D eigenvalue weighted by Crippen LogP contribution is -2.41. The molecule has 166 valence electrons. The molecule has 0 atom stereocenters. The van der Waals surface area contributed by atoms with Crippen LogP contribution >= 0.6 is 11.9 Å². The predicted molar refractivity (Wildman–Crippen MR) is 116 cm³/mol. The zero-order valence-corrected chi connectivity index (χ0v) is 18.6. The molecule has 0 aliphatic carbocycles. The number of benzene rings is 2. The molecule has 0 amide bonds. The summed E-state index contributed by atoms with van der Waals surface area (Å²) in [7, 11) is -0.588. The number of anilines is 1. The monoisotopic (exact) mass is 451 g/mol. The molecule has 2 aromatic rings. The van der Waals surface area contributed by atoms with Gasteiger partial charge < -0.3 is 28.2 Å². The highest BCUT2D eigenvalue weighted by molar-refractivity contribution is 8.00. The second kappa shape index (κ2) is 8.40. The third-order valence-corrected chi connectivity index (χ3v) is 6.14. The molecular weight excluding hydrogens is 427 g/mol. The van der Waals surface area contributed by atoms with Crippen molar-refractivity contribution in [3.8, 4) is 17.2 Å². The zero-order chi connectivity index (χ0) is 22.2. The third-order valence-electron chi connectivity index (χ3n) is 5.62. The highest BCUT2D eigenvalue weighted by atomic mass is 32.2. The van der Waals surface area contributed by atoms with Gasteiger partial charge in [0.1, 0.15) is 12.4 Å². The van der Waals surface area contributed by atoms with Crippen LogP contribution in [-0.4, -0.2) is 30.9 Å². The van der Waals surface area contributed by atoms with Crippen LogP contribution in [0.5, 0.6) is 17.2 Å². The van der Waals surface area contributed by atoms with Crippen molar-refractivity contribution in [2.75, 3.05) is 11.5 Å². The van der Waals surface area contributed by atoms with Crippen LogP contribution in [0.1, 0.15) is 33.3 Å². The third kappa shape index (κ3) is 4.71. The zero-order valence-electron chi connectivity index (χ0n) is 17.7. The molecule has 4 rings (SSSR count). The Morgan fingerprint density at radius 3 is 2.45 bits per heavy atom. The number of fused-ring (bicyclic) bond motifs is 1. The lowest BCUT2D eigenvalue weighted by molar-refractivity contribution is 0.00578. The molecular formula is C21H24BF2NO5S. The van der Waals surface area contributed by atoms with Gasteiger partial charge in [-0.3, -0.25) is 0 Å². The summed E-state index contributed by atoms with van der Waals surface area (Å²) in [5, 5.41) is 0. The lowest BCUT2D eigenvalue weighted by Gasteiger charge is -2.32. The average Bonchev–Trinajstić information content (AvgIpc) is 3.25. The van der Waals surface area contributed by atoms with Crippen LogP contribution in [0.4, 0.5) is 14.5 Å². The normalized spacial score (nSPS) is 18.5. The maximum absolute atomic E-state index is 12.7. The molecule has 1 fully saturated rings. The van der Waals surface area contributed by atoms with Gasteiger partial charge in [-0.05, 0) is 63.0 Å². The van der Waals surface area contributed by atoms with Crippen molar-refractivity contribution in [1.29, 1.82) is 0 Å². The van der Waals surface area contributed by atoms with E-state index in [1.165, 1.54) is 0 Å². The number of halogens is 2. The fourth-order valence-corrected chi connectivity index (χ4v) is 3.55. The van der Waals surface area contributed by atoms with E-state index in [9.17, 15) is 8.78 Å². The van der Waals surface area contributed by atoms with Gasteiger partial charge in [-0.2, -0.15) is 8.78 Å². The Morgan fingerprint density at radius 2 is 1.74 bits per heavy atom. The van der Waals surface area contributed by atoms with Crippen LogP contribution in [0.2, 0.25) is 0 Å². The Hall–Kier alpha value is -2.17. The van der Waals surface area contributed by atoms with Gasteiger partial charge in [0, 0.05) is 11.9 Å². The second-order valence-corrected chi connectivity index (χ2v) is 9.10. The lowest BCUT2D eigenvalue weighted by atomic mass is 9.79. The Bertz CT molecular complexity index is 943. The fourth-order valence-electron chi connectivity index (χ4n) is 3.17. The molecule has 10 heteroatoms. The van der Waals surface area contributed by atoms with Crippen LogP contribution in [0.3, 0.4) is 0 Å². The minimum atomic E-state index is -2.57. The van der Waals surface area contributed by atoms with Gasteiger partial charge in [0.05, 0.1) is 16.9 Å². The van der Waals surface area contributed by atoms with Crippen molar-refractivity contribution in [1.82, 2.24) is 0 Å². The standard InChI is InChI=1S/C21H24BF2NO5S/c1-20(2)21(3,4)30-22(29-20)14-6-7-15(25-31-19(23)24)17(10-14)26-11-13-5-8-16-18(9-13)28-12-27-16/h5-10,19,25H,11-12H2,1-4H3. The topological polar surface area (TPSA) is 58.2 Å². The van der Waals surface area contributed by atoms with E-state index < -0.39 is 24.1 Å². The SMILES string of the molecule is CC1(C)OB(c2ccc(NSC(F)F)c(OCc3ccc4c(c3)OCO4)c2)OC1(C)C. The largest absolute Gasteiger partial charge is 0.494 e. The molecule has 2 aliphatic heterocycles. The Balaban J connectivity index is 1.55. The minimum absolute atomic E-state index is 0.189. The summed E-state index contributed by atoms with van der Waals surface area (Å²) in [4.78, 5) is 0. The van der Waals surface area contributed by atoms with Crippen LogP contribution in [-0.2, 0) is 15.9 Å². The summed E-state index contributed by atoms with van der Waals surface area (Å²) in [6.07, 6.45) is 0. The second-order valence-electron chi connectivity index (χ2n) is 8.30. The van der Waals surface area contributed by atoms with Crippen molar-refractivity contribution in [3.63, 3.8) is 0 Å². The first kappa shape index (κ1) is 22.0. The summed E-state index contributed by atoms with van der Waals surface area (Å²) < 4.78 is 57.0. The summed E-state index contributed by atoms with van der Waals surface area (Å²) in [5.41, 5.74) is 1.05. The molecule has 0 saturated carbocycles. The maximum atomic E-state index is 12.7. The van der Waals surface area contributed by atoms with E-state index in [-0.39, 0.29) is 13.4 Å². The highest BCUT2D eigenvalue weighted by Gasteiger charge is 2.51. The molecule has 6 nitrogen and oxygen atoms in total. The molecule has 0 radical (unpaired) electrons. The molecule has 2 heterocycles. The number of hydrogen-bond donors (Lipinski definition) is 1. The number of nitrogens with one attached hydrogen (secondary N) is 1. The summed E-state index contributed by atoms with van der Waals surface area (Å²) in [6.45, 7) is 8.29. The molecule has 0 bridgehead atoms. The first-order valence-corrected chi connectivity index (χ1v) is 10.7. The smallest absolute Gasteiger partial charge is 0.487 e. The molecule has 2 aromatic carbocycles. The van der Waals surface area contributed by atoms with E-state index in [0.29, 0.717) is 34.9 Å². The van der Waals surface area contributed by atoms with E-state index >= 15 is 0 Å². The molecule has 1 N–H and O–H groups in total. The van der Waals surface area contributed by atoms with Crippen molar-refractivity contribution in [2.24, 2.45) is 0 Å². The van der Waals surface area contributed by atoms with Gasteiger partial charge in [-0.1, -0.05) is 12.1 Å². The highest BCUT2D eigenvalue weighted by Crippen LogP contribution is 2.38.